The molecule has 4 rings (SSSR count). The zero-order valence-corrected chi connectivity index (χ0v) is 19.3. The number of nitrogens with one attached hydrogen (secondary N) is 1. The van der Waals surface area contributed by atoms with Crippen molar-refractivity contribution in [3.63, 3.8) is 0 Å². The van der Waals surface area contributed by atoms with Crippen molar-refractivity contribution in [2.75, 3.05) is 11.1 Å². The van der Waals surface area contributed by atoms with E-state index in [0.29, 0.717) is 18.4 Å². The average molecular weight is 499 g/mol. The van der Waals surface area contributed by atoms with E-state index in [1.807, 2.05) is 0 Å². The maximum absolute atomic E-state index is 14.9. The first-order chi connectivity index (χ1) is 15.9. The van der Waals surface area contributed by atoms with Gasteiger partial charge in [0.05, 0.1) is 11.9 Å². The van der Waals surface area contributed by atoms with Crippen LogP contribution < -0.4 is 15.8 Å². The molecule has 1 aromatic carbocycles. The number of aromatic nitrogens is 1. The number of aryl methyl sites for hydroxylation is 1. The van der Waals surface area contributed by atoms with Crippen LogP contribution in [0.15, 0.2) is 35.5 Å². The molecule has 1 saturated carbocycles. The Morgan fingerprint density at radius 1 is 1.29 bits per heavy atom. The Morgan fingerprint density at radius 2 is 2.00 bits per heavy atom. The number of amides is 1. The van der Waals surface area contributed by atoms with Crippen molar-refractivity contribution in [3.8, 4) is 5.75 Å². The number of halogens is 3. The smallest absolute Gasteiger partial charge is 0.387 e. The van der Waals surface area contributed by atoms with E-state index in [9.17, 15) is 27.1 Å². The SMILES string of the molecule is Cc1cc(OC(F)F)cnc1C(=O)Nc1ccc(F)c([C@]2(C)CS(O)(O)C3(CCC3)C(N)=N2)c1. The number of hydrogen-bond acceptors (Lipinski definition) is 7. The molecule has 0 radical (unpaired) electrons. The molecule has 0 unspecified atom stereocenters. The van der Waals surface area contributed by atoms with Gasteiger partial charge in [0.2, 0.25) is 0 Å². The molecule has 8 nitrogen and oxygen atoms in total. The molecule has 1 aliphatic carbocycles. The summed E-state index contributed by atoms with van der Waals surface area (Å²) in [4.78, 5) is 21.1. The topological polar surface area (TPSA) is 130 Å². The molecular weight excluding hydrogens is 473 g/mol. The molecule has 12 heteroatoms. The van der Waals surface area contributed by atoms with Crippen LogP contribution in [0.2, 0.25) is 0 Å². The number of anilines is 1. The minimum atomic E-state index is -3.19. The second kappa shape index (κ2) is 8.43. The summed E-state index contributed by atoms with van der Waals surface area (Å²) in [5, 5.41) is 2.60. The molecule has 5 N–H and O–H groups in total. The Hall–Kier alpha value is -2.83. The van der Waals surface area contributed by atoms with Crippen molar-refractivity contribution in [2.24, 2.45) is 10.7 Å². The maximum Gasteiger partial charge on any atom is 0.387 e. The van der Waals surface area contributed by atoms with E-state index in [4.69, 9.17) is 5.73 Å². The summed E-state index contributed by atoms with van der Waals surface area (Å²) in [6.45, 7) is 0.0589. The predicted octanol–water partition coefficient (Wildman–Crippen LogP) is 4.64. The van der Waals surface area contributed by atoms with E-state index < -0.39 is 39.2 Å². The molecule has 1 aromatic heterocycles. The lowest BCUT2D eigenvalue weighted by Crippen LogP contribution is -2.59. The number of nitrogens with zero attached hydrogens (tertiary/aromatic N) is 2. The summed E-state index contributed by atoms with van der Waals surface area (Å²) in [5.41, 5.74) is 5.35. The fraction of sp³-hybridized carbons (Fsp3) is 0.409. The third-order valence-corrected chi connectivity index (χ3v) is 9.23. The molecule has 1 spiro atoms. The highest BCUT2D eigenvalue weighted by Crippen LogP contribution is 2.66. The average Bonchev–Trinajstić information content (AvgIpc) is 2.66. The van der Waals surface area contributed by atoms with E-state index >= 15 is 0 Å². The Morgan fingerprint density at radius 3 is 2.56 bits per heavy atom. The van der Waals surface area contributed by atoms with Crippen molar-refractivity contribution in [2.45, 2.75) is 50.0 Å². The fourth-order valence-electron chi connectivity index (χ4n) is 4.48. The first-order valence-electron chi connectivity index (χ1n) is 10.5. The van der Waals surface area contributed by atoms with Crippen LogP contribution in [-0.4, -0.2) is 42.9 Å². The molecule has 2 heterocycles. The number of rotatable bonds is 5. The van der Waals surface area contributed by atoms with Crippen LogP contribution in [0.1, 0.15) is 47.8 Å². The quantitative estimate of drug-likeness (QED) is 0.475. The van der Waals surface area contributed by atoms with Crippen LogP contribution in [0.4, 0.5) is 18.9 Å². The predicted molar refractivity (Wildman–Crippen MR) is 123 cm³/mol. The van der Waals surface area contributed by atoms with Crippen LogP contribution in [0.25, 0.3) is 0 Å². The minimum Gasteiger partial charge on any atom is -0.433 e. The number of benzene rings is 1. The van der Waals surface area contributed by atoms with Crippen LogP contribution in [-0.2, 0) is 5.54 Å². The number of nitrogens with two attached hydrogens (primary N) is 1. The van der Waals surface area contributed by atoms with Crippen molar-refractivity contribution in [3.05, 3.63) is 53.1 Å². The summed E-state index contributed by atoms with van der Waals surface area (Å²) in [5.74, 6) is -1.56. The zero-order chi connectivity index (χ0) is 24.9. The van der Waals surface area contributed by atoms with Crippen LogP contribution in [0.5, 0.6) is 5.75 Å². The van der Waals surface area contributed by atoms with Gasteiger partial charge in [0.25, 0.3) is 5.91 Å². The van der Waals surface area contributed by atoms with E-state index in [1.54, 1.807) is 6.92 Å². The summed E-state index contributed by atoms with van der Waals surface area (Å²) >= 11 is 0. The van der Waals surface area contributed by atoms with Gasteiger partial charge in [-0.25, -0.2) is 9.37 Å². The van der Waals surface area contributed by atoms with E-state index in [1.165, 1.54) is 25.1 Å². The van der Waals surface area contributed by atoms with Gasteiger partial charge in [-0.2, -0.15) is 19.4 Å². The molecule has 0 saturated heterocycles. The first-order valence-corrected chi connectivity index (χ1v) is 12.2. The van der Waals surface area contributed by atoms with Gasteiger partial charge in [-0.1, -0.05) is 0 Å². The summed E-state index contributed by atoms with van der Waals surface area (Å²) in [6.07, 6.45) is 2.85. The van der Waals surface area contributed by atoms with Gasteiger partial charge in [0.15, 0.2) is 0 Å². The number of amidine groups is 1. The van der Waals surface area contributed by atoms with E-state index in [2.05, 4.69) is 20.0 Å². The van der Waals surface area contributed by atoms with Crippen molar-refractivity contribution in [1.82, 2.24) is 4.98 Å². The Labute approximate surface area is 195 Å². The van der Waals surface area contributed by atoms with Gasteiger partial charge in [0.1, 0.15) is 33.4 Å². The maximum atomic E-state index is 14.9. The van der Waals surface area contributed by atoms with Crippen molar-refractivity contribution < 1.29 is 31.8 Å². The summed E-state index contributed by atoms with van der Waals surface area (Å²) in [7, 11) is -3.19. The molecule has 34 heavy (non-hydrogen) atoms. The Balaban J connectivity index is 1.61. The largest absolute Gasteiger partial charge is 0.433 e. The molecule has 2 aliphatic rings. The molecule has 1 atom stereocenters. The molecule has 1 aliphatic heterocycles. The van der Waals surface area contributed by atoms with Gasteiger partial charge in [-0.3, -0.25) is 18.9 Å². The lowest BCUT2D eigenvalue weighted by molar-refractivity contribution is -0.0501. The highest BCUT2D eigenvalue weighted by atomic mass is 32.3. The number of pyridine rings is 1. The van der Waals surface area contributed by atoms with Gasteiger partial charge in [-0.05, 0) is 62.9 Å². The first kappa shape index (κ1) is 24.3. The number of alkyl halides is 2. The third-order valence-electron chi connectivity index (χ3n) is 6.40. The lowest BCUT2D eigenvalue weighted by Gasteiger charge is -2.60. The Bertz CT molecular complexity index is 1170. The van der Waals surface area contributed by atoms with E-state index in [-0.39, 0.29) is 34.3 Å². The van der Waals surface area contributed by atoms with Crippen LogP contribution >= 0.6 is 10.6 Å². The summed E-state index contributed by atoms with van der Waals surface area (Å²) in [6, 6.07) is 5.10. The number of aliphatic imine (C=N–C) groups is 1. The standard InChI is InChI=1S/C22H25F3N4O4S/c1-12-8-14(33-20(24)25)10-27-17(12)18(30)28-13-4-5-16(23)15(9-13)21(2)11-34(31,32)22(6-3-7-22)19(26)29-21/h4-5,8-10,20,31-32H,3,6-7,11H2,1-2H3,(H2,26,29)(H,28,30)/t21-/m0/s1. The number of ether oxygens (including phenoxy) is 1. The Kier molecular flexibility index (Phi) is 6.03. The molecule has 184 valence electrons. The molecule has 1 fully saturated rings. The monoisotopic (exact) mass is 498 g/mol. The normalized spacial score (nSPS) is 23.7. The second-order valence-electron chi connectivity index (χ2n) is 8.79. The highest BCUT2D eigenvalue weighted by Gasteiger charge is 2.57. The fourth-order valence-corrected chi connectivity index (χ4v) is 7.08. The van der Waals surface area contributed by atoms with Gasteiger partial charge < -0.3 is 15.8 Å². The van der Waals surface area contributed by atoms with Gasteiger partial charge in [-0.15, -0.1) is 0 Å². The zero-order valence-electron chi connectivity index (χ0n) is 18.5. The third kappa shape index (κ3) is 4.10. The number of hydrogen-bond donors (Lipinski definition) is 4. The molecule has 1 amide bonds. The molecular formula is C22H25F3N4O4S. The minimum absolute atomic E-state index is 0.0280. The van der Waals surface area contributed by atoms with Crippen molar-refractivity contribution in [1.29, 1.82) is 0 Å². The molecule has 0 bridgehead atoms. The van der Waals surface area contributed by atoms with Crippen LogP contribution in [0, 0.1) is 12.7 Å². The van der Waals surface area contributed by atoms with Crippen LogP contribution in [0.3, 0.4) is 0 Å². The van der Waals surface area contributed by atoms with Gasteiger partial charge in [0, 0.05) is 11.3 Å². The number of carbonyl (C=O) groups is 1. The molecule has 2 aromatic rings. The summed E-state index contributed by atoms with van der Waals surface area (Å²) < 4.78 is 64.8. The second-order valence-corrected chi connectivity index (χ2v) is 11.2. The van der Waals surface area contributed by atoms with E-state index in [0.717, 1.165) is 18.7 Å². The number of carbonyl (C=O) groups excluding carboxylic acids is 1. The van der Waals surface area contributed by atoms with Crippen molar-refractivity contribution >= 4 is 28.0 Å². The highest BCUT2D eigenvalue weighted by molar-refractivity contribution is 8.26. The van der Waals surface area contributed by atoms with Gasteiger partial charge >= 0.3 is 6.61 Å². The lowest BCUT2D eigenvalue weighted by atomic mass is 9.82.